The van der Waals surface area contributed by atoms with Crippen LogP contribution in [-0.2, 0) is 6.18 Å². The van der Waals surface area contributed by atoms with Gasteiger partial charge in [-0.25, -0.2) is 0 Å². The first-order valence-corrected chi connectivity index (χ1v) is 6.52. The van der Waals surface area contributed by atoms with Gasteiger partial charge in [-0.2, -0.15) is 13.2 Å². The maximum Gasteiger partial charge on any atom is 0.416 e. The molecular formula is C13H13F3N2O4. The second kappa shape index (κ2) is 5.91. The zero-order chi connectivity index (χ0) is 16.5. The first kappa shape index (κ1) is 16.2. The fourth-order valence-electron chi connectivity index (χ4n) is 2.33. The molecular weight excluding hydrogens is 305 g/mol. The Hall–Kier alpha value is -2.16. The SMILES string of the molecule is O=C(c1cc([N+](=O)[O-])cc(C(F)(F)F)c1)N1CCCC(O)C1. The topological polar surface area (TPSA) is 83.7 Å². The Kier molecular flexibility index (Phi) is 4.36. The zero-order valence-corrected chi connectivity index (χ0v) is 11.3. The lowest BCUT2D eigenvalue weighted by molar-refractivity contribution is -0.385. The summed E-state index contributed by atoms with van der Waals surface area (Å²) in [4.78, 5) is 23.2. The third kappa shape index (κ3) is 3.53. The van der Waals surface area contributed by atoms with E-state index in [4.69, 9.17) is 0 Å². The molecule has 1 N–H and O–H groups in total. The van der Waals surface area contributed by atoms with Crippen molar-refractivity contribution in [1.29, 1.82) is 0 Å². The van der Waals surface area contributed by atoms with Gasteiger partial charge in [0.15, 0.2) is 0 Å². The zero-order valence-electron chi connectivity index (χ0n) is 11.3. The molecule has 1 aliphatic heterocycles. The van der Waals surface area contributed by atoms with Gasteiger partial charge in [0.05, 0.1) is 16.6 Å². The fraction of sp³-hybridized carbons (Fsp3) is 0.462. The average Bonchev–Trinajstić information content (AvgIpc) is 2.45. The van der Waals surface area contributed by atoms with Crippen molar-refractivity contribution in [3.05, 3.63) is 39.4 Å². The fourth-order valence-corrected chi connectivity index (χ4v) is 2.33. The molecule has 6 nitrogen and oxygen atoms in total. The minimum atomic E-state index is -4.79. The highest BCUT2D eigenvalue weighted by atomic mass is 19.4. The number of nitro groups is 1. The highest BCUT2D eigenvalue weighted by Gasteiger charge is 2.34. The van der Waals surface area contributed by atoms with E-state index in [0.717, 1.165) is 6.07 Å². The Morgan fingerprint density at radius 1 is 1.36 bits per heavy atom. The Bertz CT molecular complexity index is 603. The van der Waals surface area contributed by atoms with Crippen LogP contribution >= 0.6 is 0 Å². The Morgan fingerprint density at radius 2 is 2.05 bits per heavy atom. The number of amides is 1. The smallest absolute Gasteiger partial charge is 0.391 e. The summed E-state index contributed by atoms with van der Waals surface area (Å²) in [5.41, 5.74) is -2.45. The molecule has 0 radical (unpaired) electrons. The number of aliphatic hydroxyl groups is 1. The Morgan fingerprint density at radius 3 is 2.59 bits per heavy atom. The number of halogens is 3. The van der Waals surface area contributed by atoms with E-state index in [2.05, 4.69) is 0 Å². The van der Waals surface area contributed by atoms with Gasteiger partial charge in [0.1, 0.15) is 0 Å². The lowest BCUT2D eigenvalue weighted by Crippen LogP contribution is -2.42. The number of nitro benzene ring substituents is 1. The molecule has 9 heteroatoms. The number of carbonyl (C=O) groups excluding carboxylic acids is 1. The lowest BCUT2D eigenvalue weighted by atomic mass is 10.0. The molecule has 1 unspecified atom stereocenters. The number of β-amino-alcohol motifs (C(OH)–C–C–N with tert-alkyl or cyclic N) is 1. The summed E-state index contributed by atoms with van der Waals surface area (Å²) in [6.07, 6.45) is -4.50. The van der Waals surface area contributed by atoms with Gasteiger partial charge in [0.25, 0.3) is 11.6 Å². The summed E-state index contributed by atoms with van der Waals surface area (Å²) in [6.45, 7) is 0.294. The van der Waals surface area contributed by atoms with Gasteiger partial charge in [0.2, 0.25) is 0 Å². The number of likely N-dealkylation sites (tertiary alicyclic amines) is 1. The standard InChI is InChI=1S/C13H13F3N2O4/c14-13(15,16)9-4-8(5-10(6-9)18(21)22)12(20)17-3-1-2-11(19)7-17/h4-6,11,19H,1-3,7H2. The van der Waals surface area contributed by atoms with E-state index in [1.165, 1.54) is 4.90 Å². The number of alkyl halides is 3. The molecule has 0 bridgehead atoms. The van der Waals surface area contributed by atoms with Crippen molar-refractivity contribution in [3.63, 3.8) is 0 Å². The molecule has 1 heterocycles. The van der Waals surface area contributed by atoms with Crippen LogP contribution in [0.2, 0.25) is 0 Å². The number of non-ortho nitro benzene ring substituents is 1. The number of carbonyl (C=O) groups is 1. The molecule has 22 heavy (non-hydrogen) atoms. The van der Waals surface area contributed by atoms with Crippen molar-refractivity contribution in [2.45, 2.75) is 25.1 Å². The maximum atomic E-state index is 12.8. The van der Waals surface area contributed by atoms with Gasteiger partial charge in [-0.3, -0.25) is 14.9 Å². The normalized spacial score (nSPS) is 19.1. The Labute approximate surface area is 123 Å². The highest BCUT2D eigenvalue weighted by Crippen LogP contribution is 2.33. The molecule has 1 fully saturated rings. The van der Waals surface area contributed by atoms with E-state index in [9.17, 15) is 33.2 Å². The number of hydrogen-bond acceptors (Lipinski definition) is 4. The molecule has 0 aliphatic carbocycles. The molecule has 0 aromatic heterocycles. The molecule has 1 aromatic carbocycles. The largest absolute Gasteiger partial charge is 0.416 e. The molecule has 1 saturated heterocycles. The lowest BCUT2D eigenvalue weighted by Gasteiger charge is -2.30. The summed E-state index contributed by atoms with van der Waals surface area (Å²) in [6, 6.07) is 1.80. The Balaban J connectivity index is 2.38. The van der Waals surface area contributed by atoms with Gasteiger partial charge in [0, 0.05) is 30.8 Å². The second-order valence-electron chi connectivity index (χ2n) is 5.07. The van der Waals surface area contributed by atoms with Crippen LogP contribution in [0, 0.1) is 10.1 Å². The third-order valence-corrected chi connectivity index (χ3v) is 3.39. The van der Waals surface area contributed by atoms with Crippen molar-refractivity contribution in [1.82, 2.24) is 4.90 Å². The number of benzene rings is 1. The molecule has 0 saturated carbocycles. The highest BCUT2D eigenvalue weighted by molar-refractivity contribution is 5.95. The number of hydrogen-bond donors (Lipinski definition) is 1. The van der Waals surface area contributed by atoms with Crippen LogP contribution in [0.3, 0.4) is 0 Å². The molecule has 0 spiro atoms. The first-order chi connectivity index (χ1) is 10.2. The van der Waals surface area contributed by atoms with Crippen molar-refractivity contribution in [2.24, 2.45) is 0 Å². The predicted octanol–water partition coefficient (Wildman–Crippen LogP) is 2.21. The van der Waals surface area contributed by atoms with Gasteiger partial charge >= 0.3 is 6.18 Å². The van der Waals surface area contributed by atoms with Crippen LogP contribution in [0.15, 0.2) is 18.2 Å². The minimum Gasteiger partial charge on any atom is -0.391 e. The van der Waals surface area contributed by atoms with Gasteiger partial charge in [-0.05, 0) is 18.9 Å². The van der Waals surface area contributed by atoms with Crippen molar-refractivity contribution in [3.8, 4) is 0 Å². The summed E-state index contributed by atoms with van der Waals surface area (Å²) in [5, 5.41) is 20.3. The van der Waals surface area contributed by atoms with Crippen LogP contribution in [0.1, 0.15) is 28.8 Å². The van der Waals surface area contributed by atoms with Crippen molar-refractivity contribution >= 4 is 11.6 Å². The van der Waals surface area contributed by atoms with E-state index >= 15 is 0 Å². The number of nitrogens with zero attached hydrogens (tertiary/aromatic N) is 2. The molecule has 1 atom stereocenters. The molecule has 1 aromatic rings. The summed E-state index contributed by atoms with van der Waals surface area (Å²) in [5.74, 6) is -0.757. The molecule has 120 valence electrons. The van der Waals surface area contributed by atoms with Crippen LogP contribution in [-0.4, -0.2) is 40.0 Å². The van der Waals surface area contributed by atoms with Crippen LogP contribution in [0.4, 0.5) is 18.9 Å². The van der Waals surface area contributed by atoms with Gasteiger partial charge in [-0.1, -0.05) is 0 Å². The second-order valence-corrected chi connectivity index (χ2v) is 5.07. The van der Waals surface area contributed by atoms with Crippen molar-refractivity contribution < 1.29 is 28.0 Å². The number of aliphatic hydroxyl groups excluding tert-OH is 1. The number of piperidine rings is 1. The van der Waals surface area contributed by atoms with Gasteiger partial charge < -0.3 is 10.0 Å². The third-order valence-electron chi connectivity index (χ3n) is 3.39. The summed E-state index contributed by atoms with van der Waals surface area (Å²) >= 11 is 0. The average molecular weight is 318 g/mol. The quantitative estimate of drug-likeness (QED) is 0.669. The van der Waals surface area contributed by atoms with E-state index in [-0.39, 0.29) is 6.54 Å². The monoisotopic (exact) mass is 318 g/mol. The van der Waals surface area contributed by atoms with E-state index in [1.54, 1.807) is 0 Å². The van der Waals surface area contributed by atoms with Gasteiger partial charge in [-0.15, -0.1) is 0 Å². The van der Waals surface area contributed by atoms with Crippen LogP contribution in [0.5, 0.6) is 0 Å². The number of rotatable bonds is 2. The van der Waals surface area contributed by atoms with E-state index in [0.29, 0.717) is 31.5 Å². The minimum absolute atomic E-state index is 0.00285. The van der Waals surface area contributed by atoms with Crippen molar-refractivity contribution in [2.75, 3.05) is 13.1 Å². The van der Waals surface area contributed by atoms with Crippen LogP contribution in [0.25, 0.3) is 0 Å². The summed E-state index contributed by atoms with van der Waals surface area (Å²) in [7, 11) is 0. The maximum absolute atomic E-state index is 12.8. The molecule has 2 rings (SSSR count). The summed E-state index contributed by atoms with van der Waals surface area (Å²) < 4.78 is 38.4. The van der Waals surface area contributed by atoms with E-state index < -0.39 is 39.9 Å². The molecule has 1 amide bonds. The molecule has 1 aliphatic rings. The van der Waals surface area contributed by atoms with Crippen LogP contribution < -0.4 is 0 Å². The van der Waals surface area contributed by atoms with E-state index in [1.807, 2.05) is 0 Å². The predicted molar refractivity (Wildman–Crippen MR) is 69.2 cm³/mol. The first-order valence-electron chi connectivity index (χ1n) is 6.52.